The average molecular weight is 452 g/mol. The van der Waals surface area contributed by atoms with E-state index >= 15 is 0 Å². The van der Waals surface area contributed by atoms with Gasteiger partial charge in [0.2, 0.25) is 0 Å². The van der Waals surface area contributed by atoms with Crippen LogP contribution in [0.5, 0.6) is 0 Å². The zero-order chi connectivity index (χ0) is 22.7. The Labute approximate surface area is 201 Å². The Morgan fingerprint density at radius 1 is 0.794 bits per heavy atom. The van der Waals surface area contributed by atoms with Gasteiger partial charge in [0, 0.05) is 46.1 Å². The van der Waals surface area contributed by atoms with E-state index in [1.54, 1.807) is 6.33 Å². The molecule has 0 aliphatic heterocycles. The summed E-state index contributed by atoms with van der Waals surface area (Å²) < 4.78 is 0. The highest BCUT2D eigenvalue weighted by Crippen LogP contribution is 2.40. The van der Waals surface area contributed by atoms with Crippen LogP contribution < -0.4 is 10.6 Å². The van der Waals surface area contributed by atoms with Gasteiger partial charge in [-0.1, -0.05) is 62.8 Å². The lowest BCUT2D eigenvalue weighted by Crippen LogP contribution is -2.30. The molecule has 2 aliphatic carbocycles. The number of nitrogens with zero attached hydrogens (tertiary/aromatic N) is 2. The molecule has 174 valence electrons. The van der Waals surface area contributed by atoms with Crippen LogP contribution in [0.2, 0.25) is 0 Å². The first-order valence-electron chi connectivity index (χ1n) is 12.8. The van der Waals surface area contributed by atoms with Crippen molar-refractivity contribution in [2.75, 3.05) is 10.6 Å². The summed E-state index contributed by atoms with van der Waals surface area (Å²) in [4.78, 5) is 12.3. The van der Waals surface area contributed by atoms with Crippen molar-refractivity contribution in [1.29, 1.82) is 0 Å². The summed E-state index contributed by atoms with van der Waals surface area (Å²) in [5.74, 6) is 2.69. The highest BCUT2D eigenvalue weighted by atomic mass is 15.0. The maximum Gasteiger partial charge on any atom is 0.134 e. The highest BCUT2D eigenvalue weighted by molar-refractivity contribution is 5.94. The van der Waals surface area contributed by atoms with Gasteiger partial charge in [-0.05, 0) is 48.9 Å². The Morgan fingerprint density at radius 3 is 2.59 bits per heavy atom. The van der Waals surface area contributed by atoms with Gasteiger partial charge in [0.15, 0.2) is 0 Å². The van der Waals surface area contributed by atoms with E-state index in [4.69, 9.17) is 0 Å². The topological polar surface area (TPSA) is 65.6 Å². The van der Waals surface area contributed by atoms with Crippen molar-refractivity contribution in [2.24, 2.45) is 11.8 Å². The molecule has 0 amide bonds. The van der Waals surface area contributed by atoms with Gasteiger partial charge in [0.05, 0.1) is 5.69 Å². The zero-order valence-corrected chi connectivity index (χ0v) is 19.6. The van der Waals surface area contributed by atoms with Gasteiger partial charge in [-0.2, -0.15) is 0 Å². The summed E-state index contributed by atoms with van der Waals surface area (Å²) >= 11 is 0. The third-order valence-corrected chi connectivity index (χ3v) is 7.82. The van der Waals surface area contributed by atoms with Crippen LogP contribution in [0, 0.1) is 11.8 Å². The van der Waals surface area contributed by atoms with Crippen LogP contribution in [-0.2, 0) is 0 Å². The molecule has 0 spiro atoms. The molecule has 3 N–H and O–H groups in total. The monoisotopic (exact) mass is 451 g/mol. The second kappa shape index (κ2) is 9.49. The lowest BCUT2D eigenvalue weighted by atomic mass is 9.77. The van der Waals surface area contributed by atoms with Crippen molar-refractivity contribution < 1.29 is 0 Å². The lowest BCUT2D eigenvalue weighted by Gasteiger charge is -2.34. The molecule has 2 aromatic heterocycles. The normalized spacial score (nSPS) is 21.1. The van der Waals surface area contributed by atoms with E-state index in [-0.39, 0.29) is 0 Å². The molecule has 2 aromatic carbocycles. The van der Waals surface area contributed by atoms with Gasteiger partial charge in [-0.25, -0.2) is 9.97 Å². The van der Waals surface area contributed by atoms with Crippen molar-refractivity contribution in [1.82, 2.24) is 15.0 Å². The van der Waals surface area contributed by atoms with E-state index in [0.29, 0.717) is 6.04 Å². The summed E-state index contributed by atoms with van der Waals surface area (Å²) in [5, 5.41) is 8.49. The molecule has 5 heteroatoms. The molecule has 34 heavy (non-hydrogen) atoms. The molecule has 0 saturated heterocycles. The van der Waals surface area contributed by atoms with Gasteiger partial charge in [0.1, 0.15) is 12.1 Å². The molecule has 2 saturated carbocycles. The molecule has 2 aliphatic rings. The minimum absolute atomic E-state index is 0.585. The summed E-state index contributed by atoms with van der Waals surface area (Å²) in [5.41, 5.74) is 5.34. The summed E-state index contributed by atoms with van der Waals surface area (Å²) in [6.07, 6.45) is 14.8. The molecule has 0 bridgehead atoms. The number of para-hydroxylation sites is 1. The SMILES string of the molecule is c1cc(Nc2cc(-c3c[nH]c4ccccc34)ncn2)cc(NC2CCCC(C3CCCC3)C2)c1. The molecule has 2 atom stereocenters. The van der Waals surface area contributed by atoms with Crippen LogP contribution in [0.3, 0.4) is 0 Å². The van der Waals surface area contributed by atoms with Gasteiger partial charge in [-0.3, -0.25) is 0 Å². The largest absolute Gasteiger partial charge is 0.382 e. The van der Waals surface area contributed by atoms with Crippen LogP contribution in [0.15, 0.2) is 67.1 Å². The average Bonchev–Trinajstić information content (AvgIpc) is 3.55. The number of nitrogens with one attached hydrogen (secondary N) is 3. The van der Waals surface area contributed by atoms with Gasteiger partial charge >= 0.3 is 0 Å². The van der Waals surface area contributed by atoms with Gasteiger partial charge in [0.25, 0.3) is 0 Å². The third kappa shape index (κ3) is 4.52. The van der Waals surface area contributed by atoms with E-state index in [1.807, 2.05) is 18.3 Å². The van der Waals surface area contributed by atoms with Crippen LogP contribution >= 0.6 is 0 Å². The van der Waals surface area contributed by atoms with E-state index in [2.05, 4.69) is 68.1 Å². The molecule has 6 rings (SSSR count). The molecular formula is C29H33N5. The molecule has 0 radical (unpaired) electrons. The minimum Gasteiger partial charge on any atom is -0.382 e. The predicted molar refractivity (Wildman–Crippen MR) is 140 cm³/mol. The maximum atomic E-state index is 4.52. The quantitative estimate of drug-likeness (QED) is 0.283. The second-order valence-electron chi connectivity index (χ2n) is 10.1. The molecule has 2 fully saturated rings. The van der Waals surface area contributed by atoms with Crippen molar-refractivity contribution in [3.8, 4) is 11.3 Å². The second-order valence-corrected chi connectivity index (χ2v) is 10.1. The Balaban J connectivity index is 1.15. The molecule has 2 unspecified atom stereocenters. The first-order valence-corrected chi connectivity index (χ1v) is 12.8. The van der Waals surface area contributed by atoms with Crippen molar-refractivity contribution in [2.45, 2.75) is 57.4 Å². The van der Waals surface area contributed by atoms with Gasteiger partial charge in [-0.15, -0.1) is 0 Å². The van der Waals surface area contributed by atoms with Crippen molar-refractivity contribution >= 4 is 28.1 Å². The summed E-state index contributed by atoms with van der Waals surface area (Å²) in [6.45, 7) is 0. The number of anilines is 3. The summed E-state index contributed by atoms with van der Waals surface area (Å²) in [6, 6.07) is 19.5. The summed E-state index contributed by atoms with van der Waals surface area (Å²) in [7, 11) is 0. The smallest absolute Gasteiger partial charge is 0.134 e. The zero-order valence-electron chi connectivity index (χ0n) is 19.6. The standard InChI is InChI=1S/C29H33N5/c1-2-8-20(7-1)21-9-5-10-22(15-21)33-23-11-6-12-24(16-23)34-29-17-28(31-19-32-29)26-18-30-27-14-4-3-13-25(26)27/h3-4,6,11-14,16-22,30,33H,1-2,5,7-10,15H2,(H,31,32,34). The van der Waals surface area contributed by atoms with E-state index in [9.17, 15) is 0 Å². The Morgan fingerprint density at radius 2 is 1.65 bits per heavy atom. The van der Waals surface area contributed by atoms with Gasteiger partial charge < -0.3 is 15.6 Å². The van der Waals surface area contributed by atoms with Crippen molar-refractivity contribution in [3.63, 3.8) is 0 Å². The first-order chi connectivity index (χ1) is 16.8. The van der Waals surface area contributed by atoms with Crippen molar-refractivity contribution in [3.05, 3.63) is 67.1 Å². The van der Waals surface area contributed by atoms with E-state index in [0.717, 1.165) is 40.1 Å². The fourth-order valence-corrected chi connectivity index (χ4v) is 6.14. The Hall–Kier alpha value is -3.34. The number of benzene rings is 2. The van der Waals surface area contributed by atoms with Crippen LogP contribution in [0.4, 0.5) is 17.2 Å². The van der Waals surface area contributed by atoms with E-state index < -0.39 is 0 Å². The fourth-order valence-electron chi connectivity index (χ4n) is 6.14. The number of H-pyrrole nitrogens is 1. The number of rotatable bonds is 6. The van der Waals surface area contributed by atoms with Crippen LogP contribution in [0.1, 0.15) is 51.4 Å². The van der Waals surface area contributed by atoms with Crippen LogP contribution in [0.25, 0.3) is 22.2 Å². The van der Waals surface area contributed by atoms with E-state index in [1.165, 1.54) is 62.4 Å². The molecular weight excluding hydrogens is 418 g/mol. The lowest BCUT2D eigenvalue weighted by molar-refractivity contribution is 0.239. The number of hydrogen-bond acceptors (Lipinski definition) is 4. The third-order valence-electron chi connectivity index (χ3n) is 7.82. The van der Waals surface area contributed by atoms with Crippen LogP contribution in [-0.4, -0.2) is 21.0 Å². The minimum atomic E-state index is 0.585. The maximum absolute atomic E-state index is 4.52. The molecule has 2 heterocycles. The molecule has 4 aromatic rings. The fraction of sp³-hybridized carbons (Fsp3) is 0.379. The predicted octanol–water partition coefficient (Wildman–Crippen LogP) is 7.53. The number of fused-ring (bicyclic) bond motifs is 1. The highest BCUT2D eigenvalue weighted by Gasteiger charge is 2.30. The number of aromatic nitrogens is 3. The Bertz CT molecular complexity index is 1260. The Kier molecular flexibility index (Phi) is 5.92. The number of hydrogen-bond donors (Lipinski definition) is 3. The number of aromatic amines is 1. The molecule has 5 nitrogen and oxygen atoms in total. The first kappa shape index (κ1) is 21.2.